The monoisotopic (exact) mass is 333 g/mol. The Morgan fingerprint density at radius 1 is 1.26 bits per heavy atom. The number of halogens is 1. The molecule has 1 aliphatic heterocycles. The van der Waals surface area contributed by atoms with Crippen LogP contribution in [-0.4, -0.2) is 46.9 Å². The molecule has 1 fully saturated rings. The molecule has 1 saturated heterocycles. The molecule has 1 aromatic heterocycles. The topological polar surface area (TPSA) is 36.4 Å². The van der Waals surface area contributed by atoms with Crippen LogP contribution in [0.4, 0.5) is 4.39 Å². The van der Waals surface area contributed by atoms with Crippen LogP contribution in [0.3, 0.4) is 0 Å². The van der Waals surface area contributed by atoms with Gasteiger partial charge in [-0.3, -0.25) is 9.69 Å². The zero-order valence-electron chi connectivity index (χ0n) is 13.3. The highest BCUT2D eigenvalue weighted by atomic mass is 32.1. The van der Waals surface area contributed by atoms with Crippen LogP contribution in [0.1, 0.15) is 33.2 Å². The summed E-state index contributed by atoms with van der Waals surface area (Å²) in [6.07, 6.45) is 1.65. The van der Waals surface area contributed by atoms with Crippen molar-refractivity contribution in [3.05, 3.63) is 51.7 Å². The number of piperazine rings is 1. The first-order chi connectivity index (χ1) is 11.1. The third kappa shape index (κ3) is 3.43. The number of carbonyl (C=O) groups excluding carboxylic acids is 1. The van der Waals surface area contributed by atoms with E-state index in [0.717, 1.165) is 18.1 Å². The summed E-state index contributed by atoms with van der Waals surface area (Å²) in [5, 5.41) is 0.903. The summed E-state index contributed by atoms with van der Waals surface area (Å²) >= 11 is 1.43. The van der Waals surface area contributed by atoms with E-state index in [1.807, 2.05) is 30.9 Å². The number of rotatable bonds is 3. The minimum Gasteiger partial charge on any atom is -0.335 e. The van der Waals surface area contributed by atoms with Crippen LogP contribution in [0.2, 0.25) is 0 Å². The predicted molar refractivity (Wildman–Crippen MR) is 89.1 cm³/mol. The van der Waals surface area contributed by atoms with Gasteiger partial charge in [0, 0.05) is 37.8 Å². The Labute approximate surface area is 139 Å². The molecule has 0 saturated carbocycles. The lowest BCUT2D eigenvalue weighted by atomic mass is 10.1. The summed E-state index contributed by atoms with van der Waals surface area (Å²) in [6, 6.07) is 6.91. The molecule has 3 rings (SSSR count). The Bertz CT molecular complexity index is 695. The zero-order valence-corrected chi connectivity index (χ0v) is 14.1. The number of thiazole rings is 1. The van der Waals surface area contributed by atoms with Crippen LogP contribution in [-0.2, 0) is 0 Å². The van der Waals surface area contributed by atoms with Gasteiger partial charge in [0.15, 0.2) is 0 Å². The van der Waals surface area contributed by atoms with Crippen molar-refractivity contribution in [2.24, 2.45) is 0 Å². The lowest BCUT2D eigenvalue weighted by Crippen LogP contribution is -2.49. The molecule has 4 nitrogen and oxygen atoms in total. The molecule has 1 amide bonds. The third-order valence-electron chi connectivity index (χ3n) is 4.34. The van der Waals surface area contributed by atoms with Crippen molar-refractivity contribution in [3.8, 4) is 0 Å². The molecule has 1 aliphatic rings. The van der Waals surface area contributed by atoms with E-state index in [1.165, 1.54) is 17.4 Å². The molecule has 0 N–H and O–H groups in total. The van der Waals surface area contributed by atoms with Crippen LogP contribution in [0.25, 0.3) is 0 Å². The first-order valence-corrected chi connectivity index (χ1v) is 8.58. The predicted octanol–water partition coefficient (Wildman–Crippen LogP) is 3.11. The summed E-state index contributed by atoms with van der Waals surface area (Å²) in [5.74, 6) is -0.118. The second-order valence-electron chi connectivity index (χ2n) is 5.77. The van der Waals surface area contributed by atoms with Crippen LogP contribution >= 0.6 is 11.3 Å². The molecule has 2 aromatic rings. The number of benzene rings is 1. The summed E-state index contributed by atoms with van der Waals surface area (Å²) in [7, 11) is 0. The smallest absolute Gasteiger partial charge is 0.265 e. The highest BCUT2D eigenvalue weighted by Gasteiger charge is 2.27. The molecule has 2 heterocycles. The van der Waals surface area contributed by atoms with Gasteiger partial charge in [-0.05, 0) is 19.9 Å². The van der Waals surface area contributed by atoms with Gasteiger partial charge in [-0.15, -0.1) is 11.3 Å². The molecule has 1 aromatic carbocycles. The molecule has 0 bridgehead atoms. The summed E-state index contributed by atoms with van der Waals surface area (Å²) in [4.78, 5) is 21.3. The minimum atomic E-state index is -0.168. The number of aryl methyl sites for hydroxylation is 1. The minimum absolute atomic E-state index is 0.0131. The normalized spacial score (nSPS) is 17.3. The van der Waals surface area contributed by atoms with Crippen molar-refractivity contribution < 1.29 is 9.18 Å². The molecule has 122 valence electrons. The van der Waals surface area contributed by atoms with Crippen molar-refractivity contribution in [2.75, 3.05) is 26.2 Å². The first kappa shape index (κ1) is 16.1. The largest absolute Gasteiger partial charge is 0.335 e. The fourth-order valence-electron chi connectivity index (χ4n) is 2.94. The second kappa shape index (κ2) is 6.76. The Morgan fingerprint density at radius 2 is 1.96 bits per heavy atom. The van der Waals surface area contributed by atoms with E-state index in [0.29, 0.717) is 23.5 Å². The molecule has 0 aliphatic carbocycles. The molecular weight excluding hydrogens is 313 g/mol. The van der Waals surface area contributed by atoms with Crippen LogP contribution in [0, 0.1) is 12.7 Å². The van der Waals surface area contributed by atoms with Gasteiger partial charge in [0.25, 0.3) is 5.91 Å². The van der Waals surface area contributed by atoms with Gasteiger partial charge in [-0.25, -0.2) is 9.37 Å². The van der Waals surface area contributed by atoms with Crippen molar-refractivity contribution in [1.82, 2.24) is 14.8 Å². The maximum absolute atomic E-state index is 13.9. The number of nitrogens with zero attached hydrogens (tertiary/aromatic N) is 3. The maximum Gasteiger partial charge on any atom is 0.265 e. The zero-order chi connectivity index (χ0) is 16.4. The SMILES string of the molecule is Cc1ncc(C(=O)N2CCN(C(C)c3ccccc3F)CC2)s1. The highest BCUT2D eigenvalue weighted by Crippen LogP contribution is 2.24. The molecule has 1 unspecified atom stereocenters. The highest BCUT2D eigenvalue weighted by molar-refractivity contribution is 7.13. The number of hydrogen-bond acceptors (Lipinski definition) is 4. The lowest BCUT2D eigenvalue weighted by Gasteiger charge is -2.38. The fraction of sp³-hybridized carbons (Fsp3) is 0.412. The lowest BCUT2D eigenvalue weighted by molar-refractivity contribution is 0.0583. The van der Waals surface area contributed by atoms with Crippen molar-refractivity contribution in [2.45, 2.75) is 19.9 Å². The first-order valence-electron chi connectivity index (χ1n) is 7.76. The van der Waals surface area contributed by atoms with E-state index in [2.05, 4.69) is 9.88 Å². The molecule has 1 atom stereocenters. The third-order valence-corrected chi connectivity index (χ3v) is 5.24. The van der Waals surface area contributed by atoms with Crippen molar-refractivity contribution in [3.63, 3.8) is 0 Å². The van der Waals surface area contributed by atoms with Crippen molar-refractivity contribution >= 4 is 17.2 Å². The van der Waals surface area contributed by atoms with Gasteiger partial charge >= 0.3 is 0 Å². The Morgan fingerprint density at radius 3 is 2.57 bits per heavy atom. The van der Waals surface area contributed by atoms with E-state index in [1.54, 1.807) is 12.3 Å². The standard InChI is InChI=1S/C17H20FN3OS/c1-12(14-5-3-4-6-15(14)18)20-7-9-21(10-8-20)17(22)16-11-19-13(2)23-16/h3-6,11-12H,7-10H2,1-2H3. The maximum atomic E-state index is 13.9. The Hall–Kier alpha value is -1.79. The number of carbonyl (C=O) groups is 1. The summed E-state index contributed by atoms with van der Waals surface area (Å²) in [5.41, 5.74) is 0.713. The van der Waals surface area contributed by atoms with Gasteiger partial charge in [0.2, 0.25) is 0 Å². The average Bonchev–Trinajstić information content (AvgIpc) is 3.01. The van der Waals surface area contributed by atoms with Gasteiger partial charge in [0.05, 0.1) is 11.2 Å². The van der Waals surface area contributed by atoms with Gasteiger partial charge < -0.3 is 4.90 Å². The van der Waals surface area contributed by atoms with E-state index < -0.39 is 0 Å². The Kier molecular flexibility index (Phi) is 4.73. The summed E-state index contributed by atoms with van der Waals surface area (Å²) < 4.78 is 13.9. The second-order valence-corrected chi connectivity index (χ2v) is 7.00. The average molecular weight is 333 g/mol. The number of hydrogen-bond donors (Lipinski definition) is 0. The van der Waals surface area contributed by atoms with Gasteiger partial charge in [0.1, 0.15) is 10.7 Å². The molecule has 0 spiro atoms. The Balaban J connectivity index is 1.62. The van der Waals surface area contributed by atoms with E-state index >= 15 is 0 Å². The molecular formula is C17H20FN3OS. The fourth-order valence-corrected chi connectivity index (χ4v) is 3.68. The van der Waals surface area contributed by atoms with Crippen LogP contribution in [0.5, 0.6) is 0 Å². The number of aromatic nitrogens is 1. The van der Waals surface area contributed by atoms with Crippen LogP contribution < -0.4 is 0 Å². The molecule has 23 heavy (non-hydrogen) atoms. The van der Waals surface area contributed by atoms with E-state index in [-0.39, 0.29) is 17.8 Å². The molecule has 6 heteroatoms. The molecule has 0 radical (unpaired) electrons. The van der Waals surface area contributed by atoms with Crippen molar-refractivity contribution in [1.29, 1.82) is 0 Å². The quantitative estimate of drug-likeness (QED) is 0.866. The van der Waals surface area contributed by atoms with Crippen LogP contribution in [0.15, 0.2) is 30.5 Å². The van der Waals surface area contributed by atoms with E-state index in [9.17, 15) is 9.18 Å². The van der Waals surface area contributed by atoms with Gasteiger partial charge in [-0.2, -0.15) is 0 Å². The van der Waals surface area contributed by atoms with E-state index in [4.69, 9.17) is 0 Å². The number of amides is 1. The summed E-state index contributed by atoms with van der Waals surface area (Å²) in [6.45, 7) is 6.74. The van der Waals surface area contributed by atoms with Gasteiger partial charge in [-0.1, -0.05) is 18.2 Å².